The summed E-state index contributed by atoms with van der Waals surface area (Å²) in [4.78, 5) is 12.8. The number of halogens is 1. The van der Waals surface area contributed by atoms with Gasteiger partial charge in [0.1, 0.15) is 0 Å². The minimum atomic E-state index is -0.231. The summed E-state index contributed by atoms with van der Waals surface area (Å²) in [6, 6.07) is 15.1. The molecule has 0 spiro atoms. The molecule has 0 aliphatic heterocycles. The number of benzene rings is 2. The molecule has 0 saturated heterocycles. The molecule has 1 amide bonds. The fourth-order valence-electron chi connectivity index (χ4n) is 2.99. The second kappa shape index (κ2) is 9.46. The average Bonchev–Trinajstić information content (AvgIpc) is 3.05. The minimum Gasteiger partial charge on any atom is -0.342 e. The van der Waals surface area contributed by atoms with E-state index in [1.165, 1.54) is 0 Å². The number of carbonyl (C=O) groups excluding carboxylic acids is 1. The lowest BCUT2D eigenvalue weighted by Gasteiger charge is -2.22. The molecule has 7 heteroatoms. The topological polar surface area (TPSA) is 59.8 Å². The van der Waals surface area contributed by atoms with Crippen LogP contribution in [0.1, 0.15) is 47.2 Å². The van der Waals surface area contributed by atoms with Gasteiger partial charge in [0.15, 0.2) is 11.0 Å². The molecule has 0 bridgehead atoms. The predicted molar refractivity (Wildman–Crippen MR) is 118 cm³/mol. The zero-order valence-corrected chi connectivity index (χ0v) is 18.6. The van der Waals surface area contributed by atoms with Crippen molar-refractivity contribution in [1.29, 1.82) is 0 Å². The van der Waals surface area contributed by atoms with E-state index in [2.05, 4.69) is 29.4 Å². The molecule has 152 valence electrons. The summed E-state index contributed by atoms with van der Waals surface area (Å²) in [5.74, 6) is 1.58. The highest BCUT2D eigenvalue weighted by molar-refractivity contribution is 7.98. The van der Waals surface area contributed by atoms with Crippen molar-refractivity contribution < 1.29 is 4.79 Å². The molecule has 1 heterocycles. The van der Waals surface area contributed by atoms with E-state index < -0.39 is 0 Å². The Morgan fingerprint density at radius 2 is 1.90 bits per heavy atom. The number of hydrogen-bond acceptors (Lipinski definition) is 4. The smallest absolute Gasteiger partial charge is 0.251 e. The van der Waals surface area contributed by atoms with Gasteiger partial charge < -0.3 is 9.88 Å². The second-order valence-corrected chi connectivity index (χ2v) is 8.76. The molecule has 2 aromatic carbocycles. The molecule has 0 aliphatic carbocycles. The molecular weight excluding hydrogens is 404 g/mol. The number of rotatable bonds is 7. The Kier molecular flexibility index (Phi) is 6.98. The third-order valence-electron chi connectivity index (χ3n) is 4.66. The lowest BCUT2D eigenvalue weighted by atomic mass is 10.0. The van der Waals surface area contributed by atoms with Crippen molar-refractivity contribution >= 4 is 29.3 Å². The van der Waals surface area contributed by atoms with E-state index in [0.29, 0.717) is 5.56 Å². The number of amides is 1. The number of hydrogen-bond donors (Lipinski definition) is 1. The number of carbonyl (C=O) groups is 1. The Morgan fingerprint density at radius 1 is 1.17 bits per heavy atom. The van der Waals surface area contributed by atoms with Crippen LogP contribution in [0.3, 0.4) is 0 Å². The normalized spacial score (nSPS) is 12.2. The molecule has 29 heavy (non-hydrogen) atoms. The Balaban J connectivity index is 1.74. The maximum absolute atomic E-state index is 12.8. The highest BCUT2D eigenvalue weighted by atomic mass is 35.5. The largest absolute Gasteiger partial charge is 0.342 e. The third kappa shape index (κ3) is 5.40. The zero-order chi connectivity index (χ0) is 21.0. The quantitative estimate of drug-likeness (QED) is 0.525. The van der Waals surface area contributed by atoms with Gasteiger partial charge in [0, 0.05) is 23.4 Å². The van der Waals surface area contributed by atoms with Crippen molar-refractivity contribution in [3.63, 3.8) is 0 Å². The van der Waals surface area contributed by atoms with Crippen molar-refractivity contribution in [2.75, 3.05) is 0 Å². The third-order valence-corrected chi connectivity index (χ3v) is 6.00. The van der Waals surface area contributed by atoms with Crippen LogP contribution in [0.2, 0.25) is 5.02 Å². The van der Waals surface area contributed by atoms with E-state index in [-0.39, 0.29) is 17.9 Å². The lowest BCUT2D eigenvalue weighted by Crippen LogP contribution is -2.33. The molecule has 5 nitrogen and oxygen atoms in total. The van der Waals surface area contributed by atoms with Crippen LogP contribution in [0.5, 0.6) is 0 Å². The first-order valence-corrected chi connectivity index (χ1v) is 10.9. The monoisotopic (exact) mass is 428 g/mol. The number of nitrogens with one attached hydrogen (secondary N) is 1. The van der Waals surface area contributed by atoms with Gasteiger partial charge >= 0.3 is 0 Å². The van der Waals surface area contributed by atoms with Gasteiger partial charge in [-0.05, 0) is 42.7 Å². The molecule has 3 rings (SSSR count). The van der Waals surface area contributed by atoms with Crippen molar-refractivity contribution in [1.82, 2.24) is 20.1 Å². The van der Waals surface area contributed by atoms with Crippen LogP contribution in [0.15, 0.2) is 53.7 Å². The van der Waals surface area contributed by atoms with Gasteiger partial charge in [-0.15, -0.1) is 10.2 Å². The Bertz CT molecular complexity index is 985. The SMILES string of the molecule is Cc1cccc(C(=O)N[C@H](c2nnc(SCc3ccc(Cl)cc3)n2C)C(C)C)c1. The van der Waals surface area contributed by atoms with Crippen molar-refractivity contribution in [3.05, 3.63) is 76.1 Å². The van der Waals surface area contributed by atoms with Gasteiger partial charge in [-0.2, -0.15) is 0 Å². The van der Waals surface area contributed by atoms with Crippen LogP contribution in [0.25, 0.3) is 0 Å². The Hall–Kier alpha value is -2.31. The number of aryl methyl sites for hydroxylation is 1. The second-order valence-electron chi connectivity index (χ2n) is 7.38. The van der Waals surface area contributed by atoms with Crippen molar-refractivity contribution in [3.8, 4) is 0 Å². The zero-order valence-electron chi connectivity index (χ0n) is 17.0. The fourth-order valence-corrected chi connectivity index (χ4v) is 3.99. The van der Waals surface area contributed by atoms with E-state index in [1.807, 2.05) is 67.1 Å². The summed E-state index contributed by atoms with van der Waals surface area (Å²) >= 11 is 7.56. The van der Waals surface area contributed by atoms with E-state index >= 15 is 0 Å². The van der Waals surface area contributed by atoms with Crippen LogP contribution >= 0.6 is 23.4 Å². The van der Waals surface area contributed by atoms with E-state index in [1.54, 1.807) is 11.8 Å². The molecule has 1 atom stereocenters. The van der Waals surface area contributed by atoms with Crippen LogP contribution in [-0.2, 0) is 12.8 Å². The summed E-state index contributed by atoms with van der Waals surface area (Å²) in [5, 5.41) is 13.4. The van der Waals surface area contributed by atoms with Gasteiger partial charge in [0.25, 0.3) is 5.91 Å². The van der Waals surface area contributed by atoms with Crippen LogP contribution in [0, 0.1) is 12.8 Å². The molecule has 3 aromatic rings. The number of aromatic nitrogens is 3. The summed E-state index contributed by atoms with van der Waals surface area (Å²) in [6.07, 6.45) is 0. The number of nitrogens with zero attached hydrogens (tertiary/aromatic N) is 3. The first-order valence-electron chi connectivity index (χ1n) is 9.49. The lowest BCUT2D eigenvalue weighted by molar-refractivity contribution is 0.0922. The molecule has 1 N–H and O–H groups in total. The number of thioether (sulfide) groups is 1. The van der Waals surface area contributed by atoms with E-state index in [4.69, 9.17) is 11.6 Å². The molecule has 1 aromatic heterocycles. The molecule has 0 unspecified atom stereocenters. The van der Waals surface area contributed by atoms with Gasteiger partial charge in [0.2, 0.25) is 0 Å². The van der Waals surface area contributed by atoms with Crippen molar-refractivity contribution in [2.24, 2.45) is 13.0 Å². The Labute approximate surface area is 180 Å². The van der Waals surface area contributed by atoms with Crippen molar-refractivity contribution in [2.45, 2.75) is 37.7 Å². The molecule has 0 fully saturated rings. The van der Waals surface area contributed by atoms with Crippen LogP contribution < -0.4 is 5.32 Å². The molecule has 0 radical (unpaired) electrons. The summed E-state index contributed by atoms with van der Waals surface area (Å²) in [6.45, 7) is 6.11. The molecular formula is C22H25ClN4OS. The first kappa shape index (κ1) is 21.4. The molecule has 0 saturated carbocycles. The van der Waals surface area contributed by atoms with Crippen LogP contribution in [-0.4, -0.2) is 20.7 Å². The maximum atomic E-state index is 12.8. The summed E-state index contributed by atoms with van der Waals surface area (Å²) in [5.41, 5.74) is 2.87. The van der Waals surface area contributed by atoms with E-state index in [9.17, 15) is 4.79 Å². The van der Waals surface area contributed by atoms with Gasteiger partial charge in [-0.3, -0.25) is 4.79 Å². The molecule has 0 aliphatic rings. The van der Waals surface area contributed by atoms with E-state index in [0.717, 1.165) is 32.9 Å². The van der Waals surface area contributed by atoms with Gasteiger partial charge in [0.05, 0.1) is 6.04 Å². The standard InChI is InChI=1S/C22H25ClN4OS/c1-14(2)19(24-21(28)17-7-5-6-15(3)12-17)20-25-26-22(27(20)4)29-13-16-8-10-18(23)11-9-16/h5-12,14,19H,13H2,1-4H3,(H,24,28)/t19-/m0/s1. The van der Waals surface area contributed by atoms with Gasteiger partial charge in [-0.1, -0.05) is 67.0 Å². The minimum absolute atomic E-state index is 0.106. The van der Waals surface area contributed by atoms with Gasteiger partial charge in [-0.25, -0.2) is 0 Å². The Morgan fingerprint density at radius 3 is 2.55 bits per heavy atom. The average molecular weight is 429 g/mol. The predicted octanol–water partition coefficient (Wildman–Crippen LogP) is 5.20. The maximum Gasteiger partial charge on any atom is 0.251 e. The highest BCUT2D eigenvalue weighted by Gasteiger charge is 2.25. The summed E-state index contributed by atoms with van der Waals surface area (Å²) < 4.78 is 1.96. The highest BCUT2D eigenvalue weighted by Crippen LogP contribution is 2.26. The fraction of sp³-hybridized carbons (Fsp3) is 0.318. The first-order chi connectivity index (χ1) is 13.8. The summed E-state index contributed by atoms with van der Waals surface area (Å²) in [7, 11) is 1.94. The van der Waals surface area contributed by atoms with Crippen LogP contribution in [0.4, 0.5) is 0 Å².